The molecule has 20 heavy (non-hydrogen) atoms. The Hall–Kier alpha value is -2.13. The number of nitrogens with one attached hydrogen (secondary N) is 1. The quantitative estimate of drug-likeness (QED) is 0.667. The molecule has 7 heteroatoms. The molecular weight excluding hydrogens is 282 g/mol. The van der Waals surface area contributed by atoms with E-state index in [1.165, 1.54) is 12.1 Å². The predicted molar refractivity (Wildman–Crippen MR) is 74.5 cm³/mol. The standard InChI is InChI=1S/C13H14ClN3O3/c1-3-13(4-2,8-15)16-12(18)10-7-9(17(19)20)5-6-11(10)14/h5-7H,3-4H2,1-2H3,(H,16,18). The van der Waals surface area contributed by atoms with Gasteiger partial charge in [0.05, 0.1) is 21.6 Å². The maximum Gasteiger partial charge on any atom is 0.270 e. The molecule has 0 unspecified atom stereocenters. The summed E-state index contributed by atoms with van der Waals surface area (Å²) in [5.41, 5.74) is -1.23. The minimum atomic E-state index is -0.995. The van der Waals surface area contributed by atoms with Crippen molar-refractivity contribution < 1.29 is 9.72 Å². The first-order valence-corrected chi connectivity index (χ1v) is 6.44. The number of nitro groups is 1. The van der Waals surface area contributed by atoms with Crippen LogP contribution in [0.25, 0.3) is 0 Å². The van der Waals surface area contributed by atoms with Gasteiger partial charge >= 0.3 is 0 Å². The third-order valence-electron chi connectivity index (χ3n) is 3.18. The Morgan fingerprint density at radius 1 is 1.50 bits per heavy atom. The van der Waals surface area contributed by atoms with Crippen molar-refractivity contribution in [2.45, 2.75) is 32.2 Å². The van der Waals surface area contributed by atoms with Gasteiger partial charge in [-0.1, -0.05) is 25.4 Å². The molecule has 106 valence electrons. The number of nitrogens with zero attached hydrogens (tertiary/aromatic N) is 2. The van der Waals surface area contributed by atoms with Crippen molar-refractivity contribution in [3.63, 3.8) is 0 Å². The molecule has 0 saturated carbocycles. The number of carbonyl (C=O) groups is 1. The number of hydrogen-bond acceptors (Lipinski definition) is 4. The molecular formula is C13H14ClN3O3. The number of benzene rings is 1. The number of amides is 1. The van der Waals surface area contributed by atoms with Crippen molar-refractivity contribution in [2.75, 3.05) is 0 Å². The third-order valence-corrected chi connectivity index (χ3v) is 3.51. The first kappa shape index (κ1) is 15.9. The molecule has 0 aromatic heterocycles. The number of hydrogen-bond donors (Lipinski definition) is 1. The zero-order valence-corrected chi connectivity index (χ0v) is 11.9. The summed E-state index contributed by atoms with van der Waals surface area (Å²) < 4.78 is 0. The van der Waals surface area contributed by atoms with E-state index >= 15 is 0 Å². The number of nitro benzene ring substituents is 1. The van der Waals surface area contributed by atoms with Crippen molar-refractivity contribution in [3.8, 4) is 6.07 Å². The van der Waals surface area contributed by atoms with Gasteiger partial charge in [0.15, 0.2) is 0 Å². The summed E-state index contributed by atoms with van der Waals surface area (Å²) in [7, 11) is 0. The molecule has 0 atom stereocenters. The lowest BCUT2D eigenvalue weighted by Gasteiger charge is -2.25. The van der Waals surface area contributed by atoms with Gasteiger partial charge in [0.25, 0.3) is 11.6 Å². The zero-order valence-electron chi connectivity index (χ0n) is 11.1. The number of carbonyl (C=O) groups excluding carboxylic acids is 1. The van der Waals surface area contributed by atoms with Crippen molar-refractivity contribution in [2.24, 2.45) is 0 Å². The normalized spacial score (nSPS) is 10.7. The van der Waals surface area contributed by atoms with Crippen LogP contribution in [0.5, 0.6) is 0 Å². The van der Waals surface area contributed by atoms with E-state index in [2.05, 4.69) is 11.4 Å². The van der Waals surface area contributed by atoms with Crippen LogP contribution in [-0.2, 0) is 0 Å². The summed E-state index contributed by atoms with van der Waals surface area (Å²) in [6.45, 7) is 3.56. The molecule has 1 N–H and O–H groups in total. The Kier molecular flexibility index (Phi) is 5.06. The van der Waals surface area contributed by atoms with Crippen LogP contribution in [0.1, 0.15) is 37.0 Å². The lowest BCUT2D eigenvalue weighted by molar-refractivity contribution is -0.384. The van der Waals surface area contributed by atoms with Gasteiger partial charge in [0, 0.05) is 12.1 Å². The van der Waals surface area contributed by atoms with Crippen LogP contribution in [0.4, 0.5) is 5.69 Å². The zero-order chi connectivity index (χ0) is 15.3. The van der Waals surface area contributed by atoms with Crippen LogP contribution in [-0.4, -0.2) is 16.4 Å². The number of nitriles is 1. The van der Waals surface area contributed by atoms with E-state index in [0.717, 1.165) is 6.07 Å². The summed E-state index contributed by atoms with van der Waals surface area (Å²) in [5.74, 6) is -0.594. The largest absolute Gasteiger partial charge is 0.334 e. The first-order valence-electron chi connectivity index (χ1n) is 6.06. The van der Waals surface area contributed by atoms with Gasteiger partial charge < -0.3 is 5.32 Å². The van der Waals surface area contributed by atoms with Gasteiger partial charge in [0.2, 0.25) is 0 Å². The Morgan fingerprint density at radius 2 is 2.10 bits per heavy atom. The van der Waals surface area contributed by atoms with E-state index in [-0.39, 0.29) is 16.3 Å². The molecule has 0 aliphatic rings. The van der Waals surface area contributed by atoms with Crippen LogP contribution in [0.2, 0.25) is 5.02 Å². The summed E-state index contributed by atoms with van der Waals surface area (Å²) in [5, 5.41) is 22.6. The Morgan fingerprint density at radius 3 is 2.55 bits per heavy atom. The van der Waals surface area contributed by atoms with Gasteiger partial charge in [-0.2, -0.15) is 5.26 Å². The Balaban J connectivity index is 3.13. The van der Waals surface area contributed by atoms with Gasteiger partial charge in [-0.3, -0.25) is 14.9 Å². The third kappa shape index (κ3) is 3.25. The Bertz CT molecular complexity index is 577. The van der Waals surface area contributed by atoms with Gasteiger partial charge in [0.1, 0.15) is 5.54 Å². The molecule has 0 aliphatic carbocycles. The van der Waals surface area contributed by atoms with Crippen molar-refractivity contribution in [1.82, 2.24) is 5.32 Å². The average Bonchev–Trinajstić information content (AvgIpc) is 2.45. The topological polar surface area (TPSA) is 96.0 Å². The second-order valence-electron chi connectivity index (χ2n) is 4.28. The molecule has 0 heterocycles. The predicted octanol–water partition coefficient (Wildman–Crippen LogP) is 3.06. The van der Waals surface area contributed by atoms with Gasteiger partial charge in [-0.15, -0.1) is 0 Å². The fourth-order valence-corrected chi connectivity index (χ4v) is 1.90. The van der Waals surface area contributed by atoms with E-state index < -0.39 is 16.4 Å². The molecule has 1 aromatic rings. The molecule has 1 amide bonds. The molecule has 6 nitrogen and oxygen atoms in total. The minimum Gasteiger partial charge on any atom is -0.334 e. The summed E-state index contributed by atoms with van der Waals surface area (Å²) in [4.78, 5) is 22.3. The monoisotopic (exact) mass is 295 g/mol. The fourth-order valence-electron chi connectivity index (χ4n) is 1.70. The lowest BCUT2D eigenvalue weighted by Crippen LogP contribution is -2.46. The molecule has 0 saturated heterocycles. The van der Waals surface area contributed by atoms with E-state index in [1.807, 2.05) is 0 Å². The molecule has 0 aliphatic heterocycles. The lowest BCUT2D eigenvalue weighted by atomic mass is 9.94. The highest BCUT2D eigenvalue weighted by atomic mass is 35.5. The highest BCUT2D eigenvalue weighted by Crippen LogP contribution is 2.23. The SMILES string of the molecule is CCC(C#N)(CC)NC(=O)c1cc([N+](=O)[O-])ccc1Cl. The number of non-ortho nitro benzene ring substituents is 1. The Labute approximate surface area is 121 Å². The van der Waals surface area contributed by atoms with Crippen molar-refractivity contribution >= 4 is 23.2 Å². The molecule has 1 rings (SSSR count). The van der Waals surface area contributed by atoms with Crippen molar-refractivity contribution in [3.05, 3.63) is 38.9 Å². The summed E-state index contributed by atoms with van der Waals surface area (Å²) >= 11 is 5.89. The summed E-state index contributed by atoms with van der Waals surface area (Å²) in [6.07, 6.45) is 0.858. The van der Waals surface area contributed by atoms with Gasteiger partial charge in [-0.25, -0.2) is 0 Å². The number of halogens is 1. The van der Waals surface area contributed by atoms with Crippen LogP contribution >= 0.6 is 11.6 Å². The maximum absolute atomic E-state index is 12.2. The second-order valence-corrected chi connectivity index (χ2v) is 4.68. The minimum absolute atomic E-state index is 0.0117. The molecule has 0 radical (unpaired) electrons. The van der Waals surface area contributed by atoms with E-state index in [9.17, 15) is 20.2 Å². The smallest absolute Gasteiger partial charge is 0.270 e. The highest BCUT2D eigenvalue weighted by Gasteiger charge is 2.29. The van der Waals surface area contributed by atoms with Crippen LogP contribution in [0.15, 0.2) is 18.2 Å². The van der Waals surface area contributed by atoms with E-state index in [1.54, 1.807) is 13.8 Å². The first-order chi connectivity index (χ1) is 9.39. The summed E-state index contributed by atoms with van der Waals surface area (Å²) in [6, 6.07) is 5.68. The van der Waals surface area contributed by atoms with Crippen LogP contribution < -0.4 is 5.32 Å². The van der Waals surface area contributed by atoms with Crippen LogP contribution in [0.3, 0.4) is 0 Å². The molecule has 1 aromatic carbocycles. The van der Waals surface area contributed by atoms with Crippen molar-refractivity contribution in [1.29, 1.82) is 5.26 Å². The van der Waals surface area contributed by atoms with Crippen LogP contribution in [0, 0.1) is 21.4 Å². The maximum atomic E-state index is 12.2. The molecule has 0 fully saturated rings. The van der Waals surface area contributed by atoms with Gasteiger partial charge in [-0.05, 0) is 18.9 Å². The molecule has 0 bridgehead atoms. The fraction of sp³-hybridized carbons (Fsp3) is 0.385. The van der Waals surface area contributed by atoms with E-state index in [0.29, 0.717) is 12.8 Å². The van der Waals surface area contributed by atoms with E-state index in [4.69, 9.17) is 11.6 Å². The highest BCUT2D eigenvalue weighted by molar-refractivity contribution is 6.34. The average molecular weight is 296 g/mol. The second kappa shape index (κ2) is 6.35. The molecule has 0 spiro atoms. The number of rotatable bonds is 5.